The van der Waals surface area contributed by atoms with Crippen molar-refractivity contribution in [2.75, 3.05) is 11.9 Å². The van der Waals surface area contributed by atoms with Gasteiger partial charge in [-0.1, -0.05) is 23.7 Å². The maximum absolute atomic E-state index is 12.9. The average Bonchev–Trinajstić information content (AvgIpc) is 3.35. The summed E-state index contributed by atoms with van der Waals surface area (Å²) in [6.45, 7) is -2.47. The third-order valence-corrected chi connectivity index (χ3v) is 5.17. The number of nitrogens with zero attached hydrogens (tertiary/aromatic N) is 4. The number of fused-ring (bicyclic) bond motifs is 3. The highest BCUT2D eigenvalue weighted by Gasteiger charge is 2.26. The highest BCUT2D eigenvalue weighted by Crippen LogP contribution is 2.33. The van der Waals surface area contributed by atoms with Gasteiger partial charge in [0.15, 0.2) is 11.5 Å². The summed E-state index contributed by atoms with van der Waals surface area (Å²) in [5, 5.41) is 11.3. The van der Waals surface area contributed by atoms with Gasteiger partial charge in [-0.15, -0.1) is 5.10 Å². The van der Waals surface area contributed by atoms with E-state index in [1.807, 2.05) is 24.3 Å². The van der Waals surface area contributed by atoms with Gasteiger partial charge >= 0.3 is 6.61 Å². The van der Waals surface area contributed by atoms with Gasteiger partial charge in [-0.2, -0.15) is 13.3 Å². The SMILES string of the molecule is O=C1NCC[C@H]1Nc1nc2ccccc2c2nc(-c3ccc(Cl)cc3OC(F)F)nn12. The second-order valence-electron chi connectivity index (χ2n) is 6.92. The second-order valence-corrected chi connectivity index (χ2v) is 7.36. The molecule has 8 nitrogen and oxygen atoms in total. The number of hydrogen-bond acceptors (Lipinski definition) is 6. The molecule has 0 spiro atoms. The summed E-state index contributed by atoms with van der Waals surface area (Å²) in [5.74, 6) is 0.207. The van der Waals surface area contributed by atoms with E-state index in [-0.39, 0.29) is 28.1 Å². The van der Waals surface area contributed by atoms with Crippen molar-refractivity contribution >= 4 is 40.0 Å². The normalized spacial score (nSPS) is 16.3. The Hall–Kier alpha value is -3.53. The molecule has 2 aromatic heterocycles. The zero-order chi connectivity index (χ0) is 21.5. The Morgan fingerprint density at radius 1 is 1.23 bits per heavy atom. The molecule has 31 heavy (non-hydrogen) atoms. The Kier molecular flexibility index (Phi) is 4.78. The molecule has 158 valence electrons. The predicted molar refractivity (Wildman–Crippen MR) is 110 cm³/mol. The second kappa shape index (κ2) is 7.62. The molecule has 0 radical (unpaired) electrons. The van der Waals surface area contributed by atoms with Crippen LogP contribution in [0.2, 0.25) is 5.02 Å². The molecule has 4 aromatic rings. The average molecular weight is 445 g/mol. The van der Waals surface area contributed by atoms with Gasteiger partial charge in [0.1, 0.15) is 11.8 Å². The molecule has 5 rings (SSSR count). The zero-order valence-electron chi connectivity index (χ0n) is 15.8. The van der Waals surface area contributed by atoms with E-state index in [1.165, 1.54) is 16.6 Å². The molecule has 3 heterocycles. The first-order valence-electron chi connectivity index (χ1n) is 9.44. The largest absolute Gasteiger partial charge is 0.434 e. The summed E-state index contributed by atoms with van der Waals surface area (Å²) in [7, 11) is 0. The highest BCUT2D eigenvalue weighted by atomic mass is 35.5. The molecular weight excluding hydrogens is 430 g/mol. The van der Waals surface area contributed by atoms with Crippen molar-refractivity contribution in [2.45, 2.75) is 19.1 Å². The van der Waals surface area contributed by atoms with E-state index in [4.69, 9.17) is 11.6 Å². The van der Waals surface area contributed by atoms with Crippen LogP contribution in [0.4, 0.5) is 14.7 Å². The van der Waals surface area contributed by atoms with Crippen molar-refractivity contribution in [3.8, 4) is 17.1 Å². The number of anilines is 1. The number of carbonyl (C=O) groups is 1. The van der Waals surface area contributed by atoms with Gasteiger partial charge in [0.2, 0.25) is 11.9 Å². The minimum atomic E-state index is -3.03. The smallest absolute Gasteiger partial charge is 0.387 e. The molecule has 1 aliphatic heterocycles. The highest BCUT2D eigenvalue weighted by molar-refractivity contribution is 6.30. The first-order valence-corrected chi connectivity index (χ1v) is 9.82. The predicted octanol–water partition coefficient (Wildman–Crippen LogP) is 3.50. The fourth-order valence-electron chi connectivity index (χ4n) is 3.53. The number of aromatic nitrogens is 4. The molecule has 2 aromatic carbocycles. The number of halogens is 3. The molecule has 1 saturated heterocycles. The molecule has 0 saturated carbocycles. The Morgan fingerprint density at radius 3 is 2.84 bits per heavy atom. The van der Waals surface area contributed by atoms with Crippen LogP contribution in [0.25, 0.3) is 27.9 Å². The van der Waals surface area contributed by atoms with Gasteiger partial charge in [-0.25, -0.2) is 9.97 Å². The summed E-state index contributed by atoms with van der Waals surface area (Å²) >= 11 is 5.95. The third-order valence-electron chi connectivity index (χ3n) is 4.93. The van der Waals surface area contributed by atoms with Crippen molar-refractivity contribution in [2.24, 2.45) is 0 Å². The number of nitrogens with one attached hydrogen (secondary N) is 2. The van der Waals surface area contributed by atoms with Gasteiger partial charge in [-0.05, 0) is 36.8 Å². The van der Waals surface area contributed by atoms with Crippen molar-refractivity contribution < 1.29 is 18.3 Å². The van der Waals surface area contributed by atoms with E-state index >= 15 is 0 Å². The van der Waals surface area contributed by atoms with E-state index in [0.717, 1.165) is 0 Å². The fraction of sp³-hybridized carbons (Fsp3) is 0.200. The quantitative estimate of drug-likeness (QED) is 0.489. The zero-order valence-corrected chi connectivity index (χ0v) is 16.6. The van der Waals surface area contributed by atoms with Gasteiger partial charge in [0.05, 0.1) is 11.1 Å². The van der Waals surface area contributed by atoms with Crippen LogP contribution in [0.5, 0.6) is 5.75 Å². The fourth-order valence-corrected chi connectivity index (χ4v) is 3.69. The minimum Gasteiger partial charge on any atom is -0.434 e. The van der Waals surface area contributed by atoms with Crippen LogP contribution in [0.3, 0.4) is 0 Å². The topological polar surface area (TPSA) is 93.4 Å². The lowest BCUT2D eigenvalue weighted by Crippen LogP contribution is -2.30. The van der Waals surface area contributed by atoms with Crippen molar-refractivity contribution in [1.82, 2.24) is 24.9 Å². The summed E-state index contributed by atoms with van der Waals surface area (Å²) in [4.78, 5) is 21.2. The summed E-state index contributed by atoms with van der Waals surface area (Å²) in [5.41, 5.74) is 1.36. The van der Waals surface area contributed by atoms with Gasteiger partial charge in [0, 0.05) is 17.0 Å². The lowest BCUT2D eigenvalue weighted by Gasteiger charge is -2.12. The summed E-state index contributed by atoms with van der Waals surface area (Å²) in [6.07, 6.45) is 0.597. The number of ether oxygens (including phenoxy) is 1. The summed E-state index contributed by atoms with van der Waals surface area (Å²) < 4.78 is 31.9. The van der Waals surface area contributed by atoms with Gasteiger partial charge < -0.3 is 15.4 Å². The van der Waals surface area contributed by atoms with Gasteiger partial charge in [-0.3, -0.25) is 4.79 Å². The molecule has 0 aliphatic carbocycles. The number of alkyl halides is 2. The van der Waals surface area contributed by atoms with Crippen LogP contribution in [-0.4, -0.2) is 44.7 Å². The number of benzene rings is 2. The van der Waals surface area contributed by atoms with Crippen molar-refractivity contribution in [1.29, 1.82) is 0 Å². The van der Waals surface area contributed by atoms with Crippen molar-refractivity contribution in [3.63, 3.8) is 0 Å². The monoisotopic (exact) mass is 444 g/mol. The van der Waals surface area contributed by atoms with E-state index in [2.05, 4.69) is 30.4 Å². The molecule has 11 heteroatoms. The van der Waals surface area contributed by atoms with E-state index in [1.54, 1.807) is 6.07 Å². The van der Waals surface area contributed by atoms with E-state index < -0.39 is 12.7 Å². The van der Waals surface area contributed by atoms with Crippen LogP contribution in [-0.2, 0) is 4.79 Å². The van der Waals surface area contributed by atoms with Crippen molar-refractivity contribution in [3.05, 3.63) is 47.5 Å². The Morgan fingerprint density at radius 2 is 2.06 bits per heavy atom. The number of amides is 1. The number of hydrogen-bond donors (Lipinski definition) is 2. The molecular formula is C20H15ClF2N6O2. The number of para-hydroxylation sites is 1. The Bertz CT molecular complexity index is 1310. The Labute approximate surface area is 179 Å². The lowest BCUT2D eigenvalue weighted by molar-refractivity contribution is -0.119. The molecule has 0 bridgehead atoms. The Balaban J connectivity index is 1.69. The molecule has 2 N–H and O–H groups in total. The first kappa shape index (κ1) is 19.4. The first-order chi connectivity index (χ1) is 15.0. The maximum atomic E-state index is 12.9. The van der Waals surface area contributed by atoms with Crippen LogP contribution in [0, 0.1) is 0 Å². The van der Waals surface area contributed by atoms with E-state index in [9.17, 15) is 13.6 Å². The molecule has 1 fully saturated rings. The van der Waals surface area contributed by atoms with Crippen LogP contribution < -0.4 is 15.4 Å². The van der Waals surface area contributed by atoms with Crippen LogP contribution in [0.15, 0.2) is 42.5 Å². The molecule has 1 aliphatic rings. The lowest BCUT2D eigenvalue weighted by atomic mass is 10.2. The number of rotatable bonds is 5. The maximum Gasteiger partial charge on any atom is 0.387 e. The van der Waals surface area contributed by atoms with Crippen LogP contribution >= 0.6 is 11.6 Å². The molecule has 0 unspecified atom stereocenters. The third kappa shape index (κ3) is 3.59. The number of carbonyl (C=O) groups excluding carboxylic acids is 1. The van der Waals surface area contributed by atoms with Gasteiger partial charge in [0.25, 0.3) is 0 Å². The standard InChI is InChI=1S/C20H15ClF2N6O2/c21-10-5-6-12(15(9-10)31-19(22)23)16-27-17-11-3-1-2-4-13(11)25-20(29(17)28-16)26-14-7-8-24-18(14)30/h1-6,9,14,19H,7-8H2,(H,24,30)(H,25,26)/t14-/m1/s1. The minimum absolute atomic E-state index is 0.131. The van der Waals surface area contributed by atoms with E-state index in [0.29, 0.717) is 35.5 Å². The molecule has 1 amide bonds. The summed E-state index contributed by atoms with van der Waals surface area (Å²) in [6, 6.07) is 11.2. The molecule has 1 atom stereocenters. The van der Waals surface area contributed by atoms with Crippen LogP contribution in [0.1, 0.15) is 6.42 Å².